The Bertz CT molecular complexity index is 198. The smallest absolute Gasteiger partial charge is 0.00965 e. The average Bonchev–Trinajstić information content (AvgIpc) is 2.42. The highest BCUT2D eigenvalue weighted by Crippen LogP contribution is 2.12. The van der Waals surface area contributed by atoms with E-state index in [0.29, 0.717) is 0 Å². The van der Waals surface area contributed by atoms with Crippen LogP contribution in [-0.2, 0) is 0 Å². The lowest BCUT2D eigenvalue weighted by Gasteiger charge is -2.20. The molecule has 0 aliphatic rings. The summed E-state index contributed by atoms with van der Waals surface area (Å²) in [4.78, 5) is 0. The maximum Gasteiger partial charge on any atom is 0.00965 e. The van der Waals surface area contributed by atoms with Crippen molar-refractivity contribution in [2.45, 2.75) is 123 Å². The van der Waals surface area contributed by atoms with Crippen LogP contribution in [0.15, 0.2) is 0 Å². The summed E-state index contributed by atoms with van der Waals surface area (Å²) in [5, 5.41) is 3.57. The van der Waals surface area contributed by atoms with Crippen molar-refractivity contribution in [3.8, 4) is 0 Å². The maximum atomic E-state index is 3.57. The molecule has 0 aliphatic carbocycles. The molecule has 0 fully saturated rings. The molecule has 0 bridgehead atoms. The molecule has 22 heavy (non-hydrogen) atoms. The lowest BCUT2D eigenvalue weighted by Crippen LogP contribution is -2.36. The first-order valence-corrected chi connectivity index (χ1v) is 9.81. The van der Waals surface area contributed by atoms with Crippen molar-refractivity contribution in [1.29, 1.82) is 0 Å². The molecule has 0 saturated carbocycles. The normalized spacial score (nSPS) is 11.5. The Hall–Kier alpha value is 0.690. The molecule has 0 unspecified atom stereocenters. The molecule has 0 atom stereocenters. The Morgan fingerprint density at radius 1 is 0.545 bits per heavy atom. The first-order chi connectivity index (χ1) is 10.1. The molecule has 1 N–H and O–H groups in total. The van der Waals surface area contributed by atoms with Crippen LogP contribution in [0.25, 0.3) is 0 Å². The van der Waals surface area contributed by atoms with Crippen LogP contribution in [0.4, 0.5) is 0 Å². The number of nitrogens with one attached hydrogen (secondary N) is 1. The van der Waals surface area contributed by atoms with E-state index in [1.165, 1.54) is 96.4 Å². The van der Waals surface area contributed by atoms with Crippen molar-refractivity contribution in [3.05, 3.63) is 0 Å². The van der Waals surface area contributed by atoms with Gasteiger partial charge in [0.05, 0.1) is 0 Å². The molecule has 0 aromatic rings. The summed E-state index contributed by atoms with van der Waals surface area (Å²) in [6.07, 6.45) is 20.2. The summed E-state index contributed by atoms with van der Waals surface area (Å²) in [6, 6.07) is 0. The van der Waals surface area contributed by atoms with Gasteiger partial charge < -0.3 is 5.32 Å². The fraction of sp³-hybridized carbons (Fsp3) is 1.00. The monoisotopic (exact) mass is 425 g/mol. The lowest BCUT2D eigenvalue weighted by molar-refractivity contribution is 0.415. The topological polar surface area (TPSA) is 12.0 Å². The van der Waals surface area contributed by atoms with Gasteiger partial charge in [-0.3, -0.25) is 0 Å². The van der Waals surface area contributed by atoms with E-state index in [0.717, 1.165) is 0 Å². The number of hydrogen-bond acceptors (Lipinski definition) is 1. The molecule has 0 spiro atoms. The minimum absolute atomic E-state index is 0. The molecule has 0 saturated heterocycles. The van der Waals surface area contributed by atoms with Crippen LogP contribution >= 0.6 is 24.0 Å². The highest BCUT2D eigenvalue weighted by Gasteiger charge is 2.06. The fourth-order valence-electron chi connectivity index (χ4n) is 2.78. The lowest BCUT2D eigenvalue weighted by atomic mass is 10.0. The van der Waals surface area contributed by atoms with E-state index in [9.17, 15) is 0 Å². The zero-order chi connectivity index (χ0) is 15.8. The number of hydrogen-bond donors (Lipinski definition) is 1. The first kappa shape index (κ1) is 24.9. The van der Waals surface area contributed by atoms with Crippen molar-refractivity contribution in [2.75, 3.05) is 6.54 Å². The van der Waals surface area contributed by atoms with Gasteiger partial charge in [0.1, 0.15) is 0 Å². The van der Waals surface area contributed by atoms with Gasteiger partial charge in [-0.05, 0) is 33.7 Å². The van der Waals surface area contributed by atoms with Crippen LogP contribution < -0.4 is 5.32 Å². The highest BCUT2D eigenvalue weighted by atomic mass is 127. The second-order valence-corrected chi connectivity index (χ2v) is 7.77. The average molecular weight is 425 g/mol. The fourth-order valence-corrected chi connectivity index (χ4v) is 2.78. The molecule has 2 heteroatoms. The van der Waals surface area contributed by atoms with Gasteiger partial charge in [0.25, 0.3) is 0 Å². The second-order valence-electron chi connectivity index (χ2n) is 7.77. The molecule has 0 aromatic heterocycles. The van der Waals surface area contributed by atoms with Crippen LogP contribution in [0.1, 0.15) is 118 Å². The van der Waals surface area contributed by atoms with E-state index >= 15 is 0 Å². The van der Waals surface area contributed by atoms with Gasteiger partial charge in [-0.1, -0.05) is 90.4 Å². The van der Waals surface area contributed by atoms with Gasteiger partial charge in [-0.2, -0.15) is 0 Å². The first-order valence-electron chi connectivity index (χ1n) is 9.81. The quantitative estimate of drug-likeness (QED) is 0.212. The third kappa shape index (κ3) is 23.0. The summed E-state index contributed by atoms with van der Waals surface area (Å²) in [7, 11) is 0. The zero-order valence-corrected chi connectivity index (χ0v) is 18.3. The number of halogens is 1. The zero-order valence-electron chi connectivity index (χ0n) is 16.0. The Morgan fingerprint density at radius 2 is 0.864 bits per heavy atom. The van der Waals surface area contributed by atoms with Crippen molar-refractivity contribution >= 4 is 24.0 Å². The van der Waals surface area contributed by atoms with Crippen LogP contribution in [-0.4, -0.2) is 12.1 Å². The summed E-state index contributed by atoms with van der Waals surface area (Å²) >= 11 is 0. The Kier molecular flexibility index (Phi) is 20.4. The third-order valence-electron chi connectivity index (χ3n) is 4.19. The summed E-state index contributed by atoms with van der Waals surface area (Å²) in [5.74, 6) is 0. The van der Waals surface area contributed by atoms with Gasteiger partial charge >= 0.3 is 0 Å². The molecular weight excluding hydrogens is 381 g/mol. The van der Waals surface area contributed by atoms with Crippen LogP contribution in [0, 0.1) is 0 Å². The van der Waals surface area contributed by atoms with Crippen LogP contribution in [0.5, 0.6) is 0 Å². The molecular formula is C20H44IN. The summed E-state index contributed by atoms with van der Waals surface area (Å²) in [5.41, 5.74) is 0.288. The molecule has 0 aliphatic heterocycles. The molecule has 0 radical (unpaired) electrons. The predicted octanol–water partition coefficient (Wildman–Crippen LogP) is 7.47. The Labute approximate surface area is 158 Å². The molecule has 0 heterocycles. The van der Waals surface area contributed by atoms with E-state index in [1.807, 2.05) is 0 Å². The van der Waals surface area contributed by atoms with Gasteiger partial charge in [0, 0.05) is 5.54 Å². The Morgan fingerprint density at radius 3 is 1.18 bits per heavy atom. The summed E-state index contributed by atoms with van der Waals surface area (Å²) < 4.78 is 0. The molecule has 1 nitrogen and oxygen atoms in total. The van der Waals surface area contributed by atoms with Crippen LogP contribution in [0.2, 0.25) is 0 Å². The van der Waals surface area contributed by atoms with Crippen molar-refractivity contribution in [3.63, 3.8) is 0 Å². The number of rotatable bonds is 15. The van der Waals surface area contributed by atoms with E-state index in [-0.39, 0.29) is 29.5 Å². The van der Waals surface area contributed by atoms with Crippen molar-refractivity contribution in [2.24, 2.45) is 0 Å². The maximum absolute atomic E-state index is 3.57. The summed E-state index contributed by atoms with van der Waals surface area (Å²) in [6.45, 7) is 10.2. The van der Waals surface area contributed by atoms with E-state index in [1.54, 1.807) is 0 Å². The molecule has 0 amide bonds. The standard InChI is InChI=1S/C20H43N.HI/c1-5-6-7-8-9-10-11-12-13-14-15-16-17-18-19-21-20(2,3)4;/h21H,5-19H2,1-4H3;1H. The minimum atomic E-state index is 0. The largest absolute Gasteiger partial charge is 0.312 e. The number of unbranched alkanes of at least 4 members (excludes halogenated alkanes) is 13. The minimum Gasteiger partial charge on any atom is -0.312 e. The highest BCUT2D eigenvalue weighted by molar-refractivity contribution is 14.0. The molecule has 136 valence electrons. The third-order valence-corrected chi connectivity index (χ3v) is 4.19. The predicted molar refractivity (Wildman–Crippen MR) is 113 cm³/mol. The van der Waals surface area contributed by atoms with Crippen molar-refractivity contribution < 1.29 is 0 Å². The van der Waals surface area contributed by atoms with E-state index in [2.05, 4.69) is 33.0 Å². The van der Waals surface area contributed by atoms with Crippen molar-refractivity contribution in [1.82, 2.24) is 5.32 Å². The molecule has 0 rings (SSSR count). The van der Waals surface area contributed by atoms with Gasteiger partial charge in [0.2, 0.25) is 0 Å². The van der Waals surface area contributed by atoms with Gasteiger partial charge in [0.15, 0.2) is 0 Å². The van der Waals surface area contributed by atoms with Gasteiger partial charge in [-0.25, -0.2) is 0 Å². The van der Waals surface area contributed by atoms with Crippen LogP contribution in [0.3, 0.4) is 0 Å². The SMILES string of the molecule is CCCCCCCCCCCCCCCCNC(C)(C)C.I. The van der Waals surface area contributed by atoms with E-state index in [4.69, 9.17) is 0 Å². The van der Waals surface area contributed by atoms with Gasteiger partial charge in [-0.15, -0.1) is 24.0 Å². The molecule has 0 aromatic carbocycles. The Balaban J connectivity index is 0. The van der Waals surface area contributed by atoms with E-state index < -0.39 is 0 Å². The second kappa shape index (κ2) is 18.0.